The van der Waals surface area contributed by atoms with Crippen molar-refractivity contribution in [3.05, 3.63) is 53.5 Å². The van der Waals surface area contributed by atoms with E-state index in [-0.39, 0.29) is 0 Å². The molecule has 1 unspecified atom stereocenters. The first-order valence-electron chi connectivity index (χ1n) is 6.79. The molecule has 0 amide bonds. The molecule has 1 aliphatic rings. The number of furan rings is 1. The van der Waals surface area contributed by atoms with Crippen molar-refractivity contribution >= 4 is 0 Å². The number of hydrogen-bond acceptors (Lipinski definition) is 3. The minimum atomic E-state index is 0.393. The summed E-state index contributed by atoms with van der Waals surface area (Å²) in [6, 6.07) is 10.7. The fraction of sp³-hybridized carbons (Fsp3) is 0.375. The van der Waals surface area contributed by atoms with E-state index >= 15 is 0 Å². The third-order valence-corrected chi connectivity index (χ3v) is 3.77. The zero-order valence-corrected chi connectivity index (χ0v) is 11.2. The highest BCUT2D eigenvalue weighted by Crippen LogP contribution is 2.32. The summed E-state index contributed by atoms with van der Waals surface area (Å²) in [4.78, 5) is 0. The molecule has 0 saturated carbocycles. The van der Waals surface area contributed by atoms with Gasteiger partial charge in [-0.05, 0) is 54.7 Å². The van der Waals surface area contributed by atoms with Gasteiger partial charge in [0, 0.05) is 6.04 Å². The van der Waals surface area contributed by atoms with E-state index in [1.807, 2.05) is 18.2 Å². The molecule has 19 heavy (non-hydrogen) atoms. The lowest BCUT2D eigenvalue weighted by Crippen LogP contribution is -2.24. The Bertz CT molecular complexity index is 534. The van der Waals surface area contributed by atoms with Crippen LogP contribution in [-0.4, -0.2) is 7.11 Å². The highest BCUT2D eigenvalue weighted by Gasteiger charge is 2.20. The number of nitrogens with one attached hydrogen (secondary N) is 1. The Hall–Kier alpha value is -1.74. The molecule has 0 radical (unpaired) electrons. The van der Waals surface area contributed by atoms with Crippen LogP contribution in [0.4, 0.5) is 0 Å². The van der Waals surface area contributed by atoms with Gasteiger partial charge in [-0.1, -0.05) is 6.07 Å². The Balaban J connectivity index is 1.77. The summed E-state index contributed by atoms with van der Waals surface area (Å²) in [5.74, 6) is 1.92. The lowest BCUT2D eigenvalue weighted by Gasteiger charge is -2.26. The molecule has 1 aliphatic carbocycles. The lowest BCUT2D eigenvalue weighted by atomic mass is 9.87. The van der Waals surface area contributed by atoms with E-state index in [4.69, 9.17) is 9.15 Å². The van der Waals surface area contributed by atoms with Crippen LogP contribution in [-0.2, 0) is 13.0 Å². The molecule has 0 aliphatic heterocycles. The number of rotatable bonds is 4. The molecule has 0 saturated heterocycles. The van der Waals surface area contributed by atoms with E-state index in [1.165, 1.54) is 24.0 Å². The Labute approximate surface area is 113 Å². The monoisotopic (exact) mass is 257 g/mol. The fourth-order valence-electron chi connectivity index (χ4n) is 2.75. The van der Waals surface area contributed by atoms with Crippen LogP contribution in [0, 0.1) is 0 Å². The van der Waals surface area contributed by atoms with Crippen molar-refractivity contribution in [2.45, 2.75) is 31.8 Å². The molecule has 100 valence electrons. The molecule has 1 heterocycles. The minimum absolute atomic E-state index is 0.393. The van der Waals surface area contributed by atoms with E-state index in [9.17, 15) is 0 Å². The number of aryl methyl sites for hydroxylation is 1. The summed E-state index contributed by atoms with van der Waals surface area (Å²) in [6.07, 6.45) is 5.28. The molecule has 0 spiro atoms. The van der Waals surface area contributed by atoms with Crippen LogP contribution in [0.2, 0.25) is 0 Å². The van der Waals surface area contributed by atoms with Crippen LogP contribution in [0.1, 0.15) is 35.8 Å². The predicted octanol–water partition coefficient (Wildman–Crippen LogP) is 3.46. The standard InChI is InChI=1S/C16H19NO2/c1-18-13-8-7-12-4-2-6-16(15(12)10-13)17-11-14-5-3-9-19-14/h3,5,7-10,16-17H,2,4,6,11H2,1H3. The molecule has 1 N–H and O–H groups in total. The number of ether oxygens (including phenoxy) is 1. The van der Waals surface area contributed by atoms with Crippen LogP contribution in [0.15, 0.2) is 41.0 Å². The number of methoxy groups -OCH3 is 1. The second-order valence-corrected chi connectivity index (χ2v) is 4.97. The summed E-state index contributed by atoms with van der Waals surface area (Å²) >= 11 is 0. The van der Waals surface area contributed by atoms with Crippen LogP contribution >= 0.6 is 0 Å². The van der Waals surface area contributed by atoms with Gasteiger partial charge in [-0.2, -0.15) is 0 Å². The molecule has 2 aromatic rings. The Morgan fingerprint density at radius 1 is 1.37 bits per heavy atom. The van der Waals surface area contributed by atoms with Gasteiger partial charge in [0.15, 0.2) is 0 Å². The molecule has 3 nitrogen and oxygen atoms in total. The van der Waals surface area contributed by atoms with Crippen molar-refractivity contribution in [1.82, 2.24) is 5.32 Å². The van der Waals surface area contributed by atoms with Crippen molar-refractivity contribution in [2.24, 2.45) is 0 Å². The second-order valence-electron chi connectivity index (χ2n) is 4.97. The van der Waals surface area contributed by atoms with Gasteiger partial charge < -0.3 is 14.5 Å². The summed E-state index contributed by atoms with van der Waals surface area (Å²) < 4.78 is 10.7. The molecular formula is C16H19NO2. The van der Waals surface area contributed by atoms with E-state index < -0.39 is 0 Å². The van der Waals surface area contributed by atoms with E-state index in [0.29, 0.717) is 6.04 Å². The van der Waals surface area contributed by atoms with Crippen molar-refractivity contribution in [3.8, 4) is 5.75 Å². The number of benzene rings is 1. The number of fused-ring (bicyclic) bond motifs is 1. The van der Waals surface area contributed by atoms with Gasteiger partial charge in [0.2, 0.25) is 0 Å². The molecule has 0 fully saturated rings. The van der Waals surface area contributed by atoms with E-state index in [2.05, 4.69) is 17.4 Å². The Kier molecular flexibility index (Phi) is 3.56. The summed E-state index contributed by atoms with van der Waals surface area (Å²) in [5.41, 5.74) is 2.81. The van der Waals surface area contributed by atoms with Crippen molar-refractivity contribution in [3.63, 3.8) is 0 Å². The largest absolute Gasteiger partial charge is 0.497 e. The van der Waals surface area contributed by atoms with E-state index in [0.717, 1.165) is 24.5 Å². The van der Waals surface area contributed by atoms with Crippen LogP contribution < -0.4 is 10.1 Å². The smallest absolute Gasteiger partial charge is 0.119 e. The first kappa shape index (κ1) is 12.3. The number of hydrogen-bond donors (Lipinski definition) is 1. The minimum Gasteiger partial charge on any atom is -0.497 e. The van der Waals surface area contributed by atoms with Gasteiger partial charge in [-0.3, -0.25) is 0 Å². The van der Waals surface area contributed by atoms with Gasteiger partial charge in [0.25, 0.3) is 0 Å². The first-order chi connectivity index (χ1) is 9.36. The molecular weight excluding hydrogens is 238 g/mol. The molecule has 1 aromatic heterocycles. The van der Waals surface area contributed by atoms with Crippen molar-refractivity contribution in [1.29, 1.82) is 0 Å². The first-order valence-corrected chi connectivity index (χ1v) is 6.79. The zero-order valence-electron chi connectivity index (χ0n) is 11.2. The quantitative estimate of drug-likeness (QED) is 0.911. The maximum absolute atomic E-state index is 5.37. The lowest BCUT2D eigenvalue weighted by molar-refractivity contribution is 0.402. The van der Waals surface area contributed by atoms with E-state index in [1.54, 1.807) is 13.4 Å². The molecule has 1 atom stereocenters. The summed E-state index contributed by atoms with van der Waals surface area (Å²) in [5, 5.41) is 3.58. The van der Waals surface area contributed by atoms with Gasteiger partial charge in [0.05, 0.1) is 19.9 Å². The average Bonchev–Trinajstić information content (AvgIpc) is 2.97. The van der Waals surface area contributed by atoms with Crippen LogP contribution in [0.25, 0.3) is 0 Å². The van der Waals surface area contributed by atoms with Crippen molar-refractivity contribution in [2.75, 3.05) is 7.11 Å². The fourth-order valence-corrected chi connectivity index (χ4v) is 2.75. The van der Waals surface area contributed by atoms with Gasteiger partial charge in [-0.25, -0.2) is 0 Å². The summed E-state index contributed by atoms with van der Waals surface area (Å²) in [7, 11) is 1.72. The molecule has 1 aromatic carbocycles. The topological polar surface area (TPSA) is 34.4 Å². The maximum atomic E-state index is 5.37. The molecule has 3 rings (SSSR count). The Morgan fingerprint density at radius 3 is 3.11 bits per heavy atom. The van der Waals surface area contributed by atoms with Gasteiger partial charge in [0.1, 0.15) is 11.5 Å². The third-order valence-electron chi connectivity index (χ3n) is 3.77. The SMILES string of the molecule is COc1ccc2c(c1)C(NCc1ccco1)CCC2. The van der Waals surface area contributed by atoms with Crippen LogP contribution in [0.3, 0.4) is 0 Å². The van der Waals surface area contributed by atoms with Gasteiger partial charge in [-0.15, -0.1) is 0 Å². The Morgan fingerprint density at radius 2 is 2.32 bits per heavy atom. The second kappa shape index (κ2) is 5.49. The van der Waals surface area contributed by atoms with Crippen molar-refractivity contribution < 1.29 is 9.15 Å². The van der Waals surface area contributed by atoms with Gasteiger partial charge >= 0.3 is 0 Å². The third kappa shape index (κ3) is 2.66. The molecule has 0 bridgehead atoms. The highest BCUT2D eigenvalue weighted by atomic mass is 16.5. The van der Waals surface area contributed by atoms with Crippen LogP contribution in [0.5, 0.6) is 5.75 Å². The average molecular weight is 257 g/mol. The highest BCUT2D eigenvalue weighted by molar-refractivity contribution is 5.39. The predicted molar refractivity (Wildman–Crippen MR) is 74.2 cm³/mol. The zero-order chi connectivity index (χ0) is 13.1. The maximum Gasteiger partial charge on any atom is 0.119 e. The summed E-state index contributed by atoms with van der Waals surface area (Å²) in [6.45, 7) is 0.772. The molecule has 3 heteroatoms. The normalized spacial score (nSPS) is 18.1.